The first-order chi connectivity index (χ1) is 11.8. The molecular weight excluding hydrogens is 326 g/mol. The SMILES string of the molecule is Clc1ccc(CN2CCN(c3ccc4c(c3)OCCO4)CC2)cn1. The number of anilines is 1. The van der Waals surface area contributed by atoms with Gasteiger partial charge in [0.1, 0.15) is 18.4 Å². The number of piperazine rings is 1. The van der Waals surface area contributed by atoms with E-state index in [-0.39, 0.29) is 0 Å². The molecule has 0 radical (unpaired) electrons. The molecule has 0 saturated carbocycles. The lowest BCUT2D eigenvalue weighted by Crippen LogP contribution is -2.46. The highest BCUT2D eigenvalue weighted by atomic mass is 35.5. The molecule has 6 heteroatoms. The number of halogens is 1. The van der Waals surface area contributed by atoms with E-state index >= 15 is 0 Å². The van der Waals surface area contributed by atoms with E-state index in [1.165, 1.54) is 11.3 Å². The Hall–Kier alpha value is -1.98. The largest absolute Gasteiger partial charge is 0.486 e. The zero-order valence-electron chi connectivity index (χ0n) is 13.4. The summed E-state index contributed by atoms with van der Waals surface area (Å²) < 4.78 is 11.3. The van der Waals surface area contributed by atoms with Gasteiger partial charge in [-0.25, -0.2) is 4.98 Å². The number of fused-ring (bicyclic) bond motifs is 1. The van der Waals surface area contributed by atoms with E-state index in [0.29, 0.717) is 18.4 Å². The fraction of sp³-hybridized carbons (Fsp3) is 0.389. The summed E-state index contributed by atoms with van der Waals surface area (Å²) >= 11 is 5.84. The maximum Gasteiger partial charge on any atom is 0.163 e. The molecule has 1 aromatic heterocycles. The Morgan fingerprint density at radius 1 is 0.958 bits per heavy atom. The Kier molecular flexibility index (Phi) is 4.45. The molecule has 2 aliphatic rings. The number of rotatable bonds is 3. The topological polar surface area (TPSA) is 37.8 Å². The van der Waals surface area contributed by atoms with Crippen molar-refractivity contribution < 1.29 is 9.47 Å². The quantitative estimate of drug-likeness (QED) is 0.800. The van der Waals surface area contributed by atoms with Crippen molar-refractivity contribution >= 4 is 17.3 Å². The Labute approximate surface area is 146 Å². The Morgan fingerprint density at radius 2 is 1.75 bits per heavy atom. The molecule has 1 fully saturated rings. The zero-order chi connectivity index (χ0) is 16.4. The van der Waals surface area contributed by atoms with E-state index < -0.39 is 0 Å². The minimum atomic E-state index is 0.544. The first-order valence-electron chi connectivity index (χ1n) is 8.25. The van der Waals surface area contributed by atoms with Crippen LogP contribution in [-0.4, -0.2) is 49.3 Å². The fourth-order valence-corrected chi connectivity index (χ4v) is 3.26. The number of hydrogen-bond acceptors (Lipinski definition) is 5. The van der Waals surface area contributed by atoms with E-state index in [4.69, 9.17) is 21.1 Å². The third-order valence-corrected chi connectivity index (χ3v) is 4.68. The first kappa shape index (κ1) is 15.5. The van der Waals surface area contributed by atoms with Gasteiger partial charge in [0.2, 0.25) is 0 Å². The fourth-order valence-electron chi connectivity index (χ4n) is 3.15. The summed E-state index contributed by atoms with van der Waals surface area (Å²) in [4.78, 5) is 8.99. The van der Waals surface area contributed by atoms with E-state index in [9.17, 15) is 0 Å². The second kappa shape index (κ2) is 6.87. The molecule has 0 atom stereocenters. The Balaban J connectivity index is 1.36. The third-order valence-electron chi connectivity index (χ3n) is 4.46. The molecule has 0 aliphatic carbocycles. The molecule has 0 bridgehead atoms. The van der Waals surface area contributed by atoms with Crippen LogP contribution in [0, 0.1) is 0 Å². The first-order valence-corrected chi connectivity index (χ1v) is 8.63. The number of aromatic nitrogens is 1. The molecule has 5 nitrogen and oxygen atoms in total. The van der Waals surface area contributed by atoms with Crippen molar-refractivity contribution in [3.05, 3.63) is 47.2 Å². The van der Waals surface area contributed by atoms with Crippen molar-refractivity contribution in [2.45, 2.75) is 6.54 Å². The van der Waals surface area contributed by atoms with Gasteiger partial charge >= 0.3 is 0 Å². The summed E-state index contributed by atoms with van der Waals surface area (Å²) in [5.41, 5.74) is 2.40. The smallest absolute Gasteiger partial charge is 0.163 e. The van der Waals surface area contributed by atoms with Gasteiger partial charge in [0.25, 0.3) is 0 Å². The average molecular weight is 346 g/mol. The van der Waals surface area contributed by atoms with Crippen molar-refractivity contribution in [3.8, 4) is 11.5 Å². The number of pyridine rings is 1. The summed E-state index contributed by atoms with van der Waals surface area (Å²) in [6, 6.07) is 10.1. The highest BCUT2D eigenvalue weighted by molar-refractivity contribution is 6.29. The molecule has 24 heavy (non-hydrogen) atoms. The van der Waals surface area contributed by atoms with Gasteiger partial charge in [0, 0.05) is 50.7 Å². The van der Waals surface area contributed by atoms with E-state index in [1.54, 1.807) is 0 Å². The van der Waals surface area contributed by atoms with Gasteiger partial charge in [0.05, 0.1) is 0 Å². The molecule has 0 amide bonds. The molecule has 1 saturated heterocycles. The van der Waals surface area contributed by atoms with Crippen molar-refractivity contribution in [3.63, 3.8) is 0 Å². The predicted molar refractivity (Wildman–Crippen MR) is 94.2 cm³/mol. The lowest BCUT2D eigenvalue weighted by molar-refractivity contribution is 0.171. The normalized spacial score (nSPS) is 17.8. The number of benzene rings is 1. The van der Waals surface area contributed by atoms with E-state index in [2.05, 4.69) is 26.9 Å². The summed E-state index contributed by atoms with van der Waals surface area (Å²) in [6.07, 6.45) is 1.86. The van der Waals surface area contributed by atoms with Crippen LogP contribution < -0.4 is 14.4 Å². The van der Waals surface area contributed by atoms with E-state index in [1.807, 2.05) is 24.4 Å². The average Bonchev–Trinajstić information content (AvgIpc) is 2.64. The summed E-state index contributed by atoms with van der Waals surface area (Å²) in [5.74, 6) is 1.70. The maximum atomic E-state index is 5.84. The van der Waals surface area contributed by atoms with Gasteiger partial charge in [-0.1, -0.05) is 17.7 Å². The molecule has 2 aliphatic heterocycles. The lowest BCUT2D eigenvalue weighted by Gasteiger charge is -2.36. The molecule has 0 spiro atoms. The van der Waals surface area contributed by atoms with E-state index in [0.717, 1.165) is 44.2 Å². The van der Waals surface area contributed by atoms with Crippen LogP contribution in [0.25, 0.3) is 0 Å². The Morgan fingerprint density at radius 3 is 2.50 bits per heavy atom. The molecule has 0 unspecified atom stereocenters. The highest BCUT2D eigenvalue weighted by Crippen LogP contribution is 2.34. The minimum absolute atomic E-state index is 0.544. The van der Waals surface area contributed by atoms with Gasteiger partial charge in [-0.15, -0.1) is 0 Å². The molecule has 126 valence electrons. The van der Waals surface area contributed by atoms with Crippen LogP contribution in [0.2, 0.25) is 5.15 Å². The predicted octanol–water partition coefficient (Wildman–Crippen LogP) is 2.83. The number of hydrogen-bond donors (Lipinski definition) is 0. The van der Waals surface area contributed by atoms with Crippen LogP contribution in [0.1, 0.15) is 5.56 Å². The van der Waals surface area contributed by atoms with Crippen LogP contribution in [0.15, 0.2) is 36.5 Å². The van der Waals surface area contributed by atoms with Crippen LogP contribution in [0.4, 0.5) is 5.69 Å². The second-order valence-corrected chi connectivity index (χ2v) is 6.47. The summed E-state index contributed by atoms with van der Waals surface area (Å²) in [6.45, 7) is 6.22. The van der Waals surface area contributed by atoms with Crippen LogP contribution >= 0.6 is 11.6 Å². The maximum absolute atomic E-state index is 5.84. The molecule has 2 aromatic rings. The summed E-state index contributed by atoms with van der Waals surface area (Å²) in [5, 5.41) is 0.544. The molecular formula is C18H20ClN3O2. The van der Waals surface area contributed by atoms with Crippen LogP contribution in [-0.2, 0) is 6.54 Å². The van der Waals surface area contributed by atoms with Gasteiger partial charge in [-0.2, -0.15) is 0 Å². The van der Waals surface area contributed by atoms with Gasteiger partial charge < -0.3 is 14.4 Å². The standard InChI is InChI=1S/C18H20ClN3O2/c19-18-4-1-14(12-20-18)13-21-5-7-22(8-6-21)15-2-3-16-17(11-15)24-10-9-23-16/h1-4,11-12H,5-10,13H2. The van der Waals surface area contributed by atoms with Crippen molar-refractivity contribution in [1.29, 1.82) is 0 Å². The second-order valence-electron chi connectivity index (χ2n) is 6.08. The van der Waals surface area contributed by atoms with Crippen LogP contribution in [0.3, 0.4) is 0 Å². The van der Waals surface area contributed by atoms with Crippen molar-refractivity contribution in [2.24, 2.45) is 0 Å². The Bertz CT molecular complexity index is 700. The monoisotopic (exact) mass is 345 g/mol. The van der Waals surface area contributed by atoms with Crippen molar-refractivity contribution in [1.82, 2.24) is 9.88 Å². The summed E-state index contributed by atoms with van der Waals surface area (Å²) in [7, 11) is 0. The molecule has 4 rings (SSSR count). The highest BCUT2D eigenvalue weighted by Gasteiger charge is 2.19. The minimum Gasteiger partial charge on any atom is -0.486 e. The number of nitrogens with zero attached hydrogens (tertiary/aromatic N) is 3. The van der Waals surface area contributed by atoms with Gasteiger partial charge in [0.15, 0.2) is 11.5 Å². The zero-order valence-corrected chi connectivity index (χ0v) is 14.2. The number of ether oxygens (including phenoxy) is 2. The van der Waals surface area contributed by atoms with Crippen molar-refractivity contribution in [2.75, 3.05) is 44.3 Å². The molecule has 3 heterocycles. The molecule has 1 aromatic carbocycles. The molecule has 0 N–H and O–H groups in total. The third kappa shape index (κ3) is 3.42. The van der Waals surface area contributed by atoms with Crippen LogP contribution in [0.5, 0.6) is 11.5 Å². The van der Waals surface area contributed by atoms with Gasteiger partial charge in [-0.3, -0.25) is 4.90 Å². The van der Waals surface area contributed by atoms with Gasteiger partial charge in [-0.05, 0) is 23.8 Å². The lowest BCUT2D eigenvalue weighted by atomic mass is 10.2.